The molecule has 0 aliphatic heterocycles. The van der Waals surface area contributed by atoms with E-state index < -0.39 is 6.10 Å². The first kappa shape index (κ1) is 11.1. The second-order valence-corrected chi connectivity index (χ2v) is 4.49. The lowest BCUT2D eigenvalue weighted by Gasteiger charge is -2.11. The normalized spacial score (nSPS) is 24.9. The summed E-state index contributed by atoms with van der Waals surface area (Å²) in [4.78, 5) is 11.5. The van der Waals surface area contributed by atoms with Gasteiger partial charge in [-0.05, 0) is 17.9 Å². The molecule has 1 aliphatic rings. The molecule has 0 spiro atoms. The van der Waals surface area contributed by atoms with Crippen molar-refractivity contribution in [1.82, 2.24) is 5.32 Å². The van der Waals surface area contributed by atoms with Crippen LogP contribution in [0.4, 0.5) is 0 Å². The number of rotatable bonds is 4. The van der Waals surface area contributed by atoms with E-state index in [2.05, 4.69) is 12.2 Å². The molecule has 1 amide bonds. The third-order valence-electron chi connectivity index (χ3n) is 3.10. The highest BCUT2D eigenvalue weighted by molar-refractivity contribution is 5.81. The molecule has 2 N–H and O–H groups in total. The minimum atomic E-state index is -0.612. The molecule has 3 heteroatoms. The van der Waals surface area contributed by atoms with E-state index >= 15 is 0 Å². The van der Waals surface area contributed by atoms with Gasteiger partial charge in [0.1, 0.15) is 0 Å². The molecule has 3 atom stereocenters. The lowest BCUT2D eigenvalue weighted by Crippen LogP contribution is -2.29. The molecule has 16 heavy (non-hydrogen) atoms. The monoisotopic (exact) mass is 219 g/mol. The molecule has 0 bridgehead atoms. The van der Waals surface area contributed by atoms with Crippen LogP contribution >= 0.6 is 0 Å². The molecule has 86 valence electrons. The molecule has 0 saturated heterocycles. The number of hydrogen-bond acceptors (Lipinski definition) is 2. The van der Waals surface area contributed by atoms with Crippen molar-refractivity contribution in [3.8, 4) is 0 Å². The van der Waals surface area contributed by atoms with Gasteiger partial charge in [0.15, 0.2) is 0 Å². The van der Waals surface area contributed by atoms with Gasteiger partial charge in [-0.25, -0.2) is 0 Å². The number of amides is 1. The molecule has 1 saturated carbocycles. The smallest absolute Gasteiger partial charge is 0.223 e. The van der Waals surface area contributed by atoms with Crippen molar-refractivity contribution in [2.75, 3.05) is 6.54 Å². The van der Waals surface area contributed by atoms with Crippen molar-refractivity contribution in [2.45, 2.75) is 19.4 Å². The number of carbonyl (C=O) groups is 1. The molecule has 3 unspecified atom stereocenters. The molecular weight excluding hydrogens is 202 g/mol. The molecular formula is C13H17NO2. The Kier molecular flexibility index (Phi) is 3.25. The predicted molar refractivity (Wildman–Crippen MR) is 61.7 cm³/mol. The summed E-state index contributed by atoms with van der Waals surface area (Å²) in [7, 11) is 0. The van der Waals surface area contributed by atoms with Crippen molar-refractivity contribution >= 4 is 5.91 Å². The minimum absolute atomic E-state index is 0.0717. The highest BCUT2D eigenvalue weighted by atomic mass is 16.3. The number of aliphatic hydroxyl groups excluding tert-OH is 1. The van der Waals surface area contributed by atoms with Crippen molar-refractivity contribution in [3.05, 3.63) is 35.9 Å². The third kappa shape index (κ3) is 2.61. The van der Waals surface area contributed by atoms with E-state index in [1.54, 1.807) is 0 Å². The van der Waals surface area contributed by atoms with Gasteiger partial charge >= 0.3 is 0 Å². The SMILES string of the molecule is CC1CC1C(=O)NCC(O)c1ccccc1. The summed E-state index contributed by atoms with van der Waals surface area (Å²) < 4.78 is 0. The highest BCUT2D eigenvalue weighted by Crippen LogP contribution is 2.37. The fourth-order valence-electron chi connectivity index (χ4n) is 1.81. The Morgan fingerprint density at radius 1 is 1.50 bits per heavy atom. The first-order chi connectivity index (χ1) is 7.68. The third-order valence-corrected chi connectivity index (χ3v) is 3.10. The Labute approximate surface area is 95.5 Å². The Bertz CT molecular complexity index is 363. The number of hydrogen-bond donors (Lipinski definition) is 2. The van der Waals surface area contributed by atoms with Crippen LogP contribution in [0.1, 0.15) is 25.0 Å². The number of carbonyl (C=O) groups excluding carboxylic acids is 1. The van der Waals surface area contributed by atoms with E-state index in [-0.39, 0.29) is 11.8 Å². The van der Waals surface area contributed by atoms with Crippen LogP contribution in [0.15, 0.2) is 30.3 Å². The zero-order valence-electron chi connectivity index (χ0n) is 9.39. The van der Waals surface area contributed by atoms with E-state index in [0.29, 0.717) is 12.5 Å². The molecule has 0 radical (unpaired) electrons. The number of nitrogens with one attached hydrogen (secondary N) is 1. The maximum Gasteiger partial charge on any atom is 0.223 e. The van der Waals surface area contributed by atoms with Crippen LogP contribution in [0.2, 0.25) is 0 Å². The average Bonchev–Trinajstić information content (AvgIpc) is 3.04. The van der Waals surface area contributed by atoms with Gasteiger partial charge in [0.2, 0.25) is 5.91 Å². The zero-order valence-corrected chi connectivity index (χ0v) is 9.39. The summed E-state index contributed by atoms with van der Waals surface area (Å²) in [5.41, 5.74) is 0.839. The van der Waals surface area contributed by atoms with Crippen LogP contribution in [0.25, 0.3) is 0 Å². The Morgan fingerprint density at radius 2 is 2.12 bits per heavy atom. The molecule has 1 fully saturated rings. The molecule has 1 aromatic carbocycles. The zero-order chi connectivity index (χ0) is 11.5. The summed E-state index contributed by atoms with van der Waals surface area (Å²) in [6.07, 6.45) is 0.368. The Balaban J connectivity index is 1.80. The van der Waals surface area contributed by atoms with Crippen LogP contribution in [-0.4, -0.2) is 17.6 Å². The van der Waals surface area contributed by atoms with E-state index in [1.165, 1.54) is 0 Å². The Morgan fingerprint density at radius 3 is 2.69 bits per heavy atom. The molecule has 0 aromatic heterocycles. The fourth-order valence-corrected chi connectivity index (χ4v) is 1.81. The van der Waals surface area contributed by atoms with E-state index in [0.717, 1.165) is 12.0 Å². The highest BCUT2D eigenvalue weighted by Gasteiger charge is 2.38. The van der Waals surface area contributed by atoms with Crippen LogP contribution in [-0.2, 0) is 4.79 Å². The number of benzene rings is 1. The predicted octanol–water partition coefficient (Wildman–Crippen LogP) is 1.49. The quantitative estimate of drug-likeness (QED) is 0.806. The van der Waals surface area contributed by atoms with Gasteiger partial charge in [-0.2, -0.15) is 0 Å². The van der Waals surface area contributed by atoms with E-state index in [1.807, 2.05) is 30.3 Å². The van der Waals surface area contributed by atoms with Gasteiger partial charge in [-0.3, -0.25) is 4.79 Å². The van der Waals surface area contributed by atoms with Gasteiger partial charge in [0.05, 0.1) is 6.10 Å². The van der Waals surface area contributed by atoms with Gasteiger partial charge in [-0.15, -0.1) is 0 Å². The summed E-state index contributed by atoms with van der Waals surface area (Å²) in [6, 6.07) is 9.38. The van der Waals surface area contributed by atoms with Crippen molar-refractivity contribution in [1.29, 1.82) is 0 Å². The lowest BCUT2D eigenvalue weighted by molar-refractivity contribution is -0.123. The maximum atomic E-state index is 11.5. The van der Waals surface area contributed by atoms with Crippen LogP contribution in [0.3, 0.4) is 0 Å². The second kappa shape index (κ2) is 4.66. The van der Waals surface area contributed by atoms with Crippen molar-refractivity contribution in [2.24, 2.45) is 11.8 Å². The summed E-state index contributed by atoms with van der Waals surface area (Å²) >= 11 is 0. The second-order valence-electron chi connectivity index (χ2n) is 4.49. The average molecular weight is 219 g/mol. The minimum Gasteiger partial charge on any atom is -0.387 e. The van der Waals surface area contributed by atoms with Crippen LogP contribution in [0, 0.1) is 11.8 Å². The Hall–Kier alpha value is -1.35. The van der Waals surface area contributed by atoms with Gasteiger partial charge in [0.25, 0.3) is 0 Å². The molecule has 1 aromatic rings. The summed E-state index contributed by atoms with van der Waals surface area (Å²) in [5.74, 6) is 0.749. The summed E-state index contributed by atoms with van der Waals surface area (Å²) in [6.45, 7) is 2.37. The topological polar surface area (TPSA) is 49.3 Å². The first-order valence-corrected chi connectivity index (χ1v) is 5.69. The van der Waals surface area contributed by atoms with Gasteiger partial charge < -0.3 is 10.4 Å². The van der Waals surface area contributed by atoms with Crippen LogP contribution in [0.5, 0.6) is 0 Å². The standard InChI is InChI=1S/C13H17NO2/c1-9-7-11(9)13(16)14-8-12(15)10-5-3-2-4-6-10/h2-6,9,11-12,15H,7-8H2,1H3,(H,14,16). The first-order valence-electron chi connectivity index (χ1n) is 5.69. The van der Waals surface area contributed by atoms with E-state index in [4.69, 9.17) is 0 Å². The van der Waals surface area contributed by atoms with Crippen molar-refractivity contribution in [3.63, 3.8) is 0 Å². The maximum absolute atomic E-state index is 11.5. The van der Waals surface area contributed by atoms with Crippen molar-refractivity contribution < 1.29 is 9.90 Å². The molecule has 2 rings (SSSR count). The molecule has 0 heterocycles. The largest absolute Gasteiger partial charge is 0.387 e. The summed E-state index contributed by atoms with van der Waals surface area (Å²) in [5, 5.41) is 12.6. The van der Waals surface area contributed by atoms with Gasteiger partial charge in [-0.1, -0.05) is 37.3 Å². The van der Waals surface area contributed by atoms with E-state index in [9.17, 15) is 9.90 Å². The van der Waals surface area contributed by atoms with Crippen LogP contribution < -0.4 is 5.32 Å². The number of aliphatic hydroxyl groups is 1. The molecule has 1 aliphatic carbocycles. The molecule has 3 nitrogen and oxygen atoms in total. The lowest BCUT2D eigenvalue weighted by atomic mass is 10.1. The fraction of sp³-hybridized carbons (Fsp3) is 0.462. The van der Waals surface area contributed by atoms with Gasteiger partial charge in [0, 0.05) is 12.5 Å².